The summed E-state index contributed by atoms with van der Waals surface area (Å²) in [5.74, 6) is 0.985. The summed E-state index contributed by atoms with van der Waals surface area (Å²) in [4.78, 5) is 38.1. The second-order valence-corrected chi connectivity index (χ2v) is 8.52. The van der Waals surface area contributed by atoms with Crippen LogP contribution >= 0.6 is 11.3 Å². The summed E-state index contributed by atoms with van der Waals surface area (Å²) < 4.78 is 5.15. The third kappa shape index (κ3) is 3.45. The van der Waals surface area contributed by atoms with Gasteiger partial charge in [-0.05, 0) is 52.0 Å². The number of aryl methyl sites for hydroxylation is 2. The molecule has 1 aliphatic carbocycles. The summed E-state index contributed by atoms with van der Waals surface area (Å²) in [6.07, 6.45) is 3.92. The van der Waals surface area contributed by atoms with E-state index in [4.69, 9.17) is 9.72 Å². The van der Waals surface area contributed by atoms with Gasteiger partial charge in [0.15, 0.2) is 0 Å². The van der Waals surface area contributed by atoms with Gasteiger partial charge in [0.25, 0.3) is 5.91 Å². The largest absolute Gasteiger partial charge is 0.466 e. The van der Waals surface area contributed by atoms with Gasteiger partial charge in [0.2, 0.25) is 0 Å². The molecule has 144 valence electrons. The Morgan fingerprint density at radius 1 is 1.22 bits per heavy atom. The summed E-state index contributed by atoms with van der Waals surface area (Å²) in [5.41, 5.74) is 1.91. The molecule has 2 aromatic heterocycles. The Morgan fingerprint density at radius 3 is 2.70 bits per heavy atom. The van der Waals surface area contributed by atoms with Crippen LogP contribution in [0.2, 0.25) is 0 Å². The smallest absolute Gasteiger partial charge is 0.310 e. The average Bonchev–Trinajstić information content (AvgIpc) is 3.45. The van der Waals surface area contributed by atoms with Gasteiger partial charge < -0.3 is 9.64 Å². The van der Waals surface area contributed by atoms with Crippen LogP contribution in [0.4, 0.5) is 0 Å². The highest BCUT2D eigenvalue weighted by molar-refractivity contribution is 7.20. The first-order chi connectivity index (χ1) is 13.0. The van der Waals surface area contributed by atoms with Crippen LogP contribution < -0.4 is 0 Å². The second-order valence-electron chi connectivity index (χ2n) is 7.52. The highest BCUT2D eigenvalue weighted by Crippen LogP contribution is 2.40. The molecule has 2 fully saturated rings. The third-order valence-electron chi connectivity index (χ3n) is 5.45. The number of likely N-dealkylation sites (tertiary alicyclic amines) is 1. The number of hydrogen-bond donors (Lipinski definition) is 0. The summed E-state index contributed by atoms with van der Waals surface area (Å²) in [5, 5.41) is 1.01. The molecule has 1 unspecified atom stereocenters. The fourth-order valence-electron chi connectivity index (χ4n) is 3.85. The molecule has 0 spiro atoms. The first-order valence-electron chi connectivity index (χ1n) is 9.73. The fourth-order valence-corrected chi connectivity index (χ4v) is 5.05. The van der Waals surface area contributed by atoms with Gasteiger partial charge in [-0.15, -0.1) is 11.3 Å². The normalized spacial score (nSPS) is 20.1. The average molecular weight is 388 g/mol. The number of esters is 1. The predicted octanol–water partition coefficient (Wildman–Crippen LogP) is 3.60. The summed E-state index contributed by atoms with van der Waals surface area (Å²) >= 11 is 1.46. The standard InChI is InChI=1S/C20H25N3O3S/c1-4-26-20(25)14-6-5-9-23(10-14)19(24)16-11(2)15-12(3)21-17(13-7-8-13)22-18(15)27-16/h13-14H,4-10H2,1-3H3. The third-order valence-corrected chi connectivity index (χ3v) is 6.63. The topological polar surface area (TPSA) is 72.4 Å². The Hall–Kier alpha value is -2.02. The van der Waals surface area contributed by atoms with Gasteiger partial charge in [0.05, 0.1) is 23.1 Å². The van der Waals surface area contributed by atoms with Crippen LogP contribution in [0.1, 0.15) is 65.3 Å². The molecule has 1 aliphatic heterocycles. The molecule has 1 amide bonds. The predicted molar refractivity (Wildman–Crippen MR) is 104 cm³/mol. The minimum atomic E-state index is -0.222. The van der Waals surface area contributed by atoms with Crippen LogP contribution in [-0.2, 0) is 9.53 Å². The number of piperidine rings is 1. The van der Waals surface area contributed by atoms with Gasteiger partial charge >= 0.3 is 5.97 Å². The number of fused-ring (bicyclic) bond motifs is 1. The van der Waals surface area contributed by atoms with E-state index in [1.807, 2.05) is 20.8 Å². The quantitative estimate of drug-likeness (QED) is 0.750. The molecule has 1 saturated heterocycles. The number of thiophene rings is 1. The van der Waals surface area contributed by atoms with Gasteiger partial charge in [-0.2, -0.15) is 0 Å². The van der Waals surface area contributed by atoms with Crippen LogP contribution in [0.15, 0.2) is 0 Å². The highest BCUT2D eigenvalue weighted by Gasteiger charge is 2.32. The Balaban J connectivity index is 1.61. The minimum Gasteiger partial charge on any atom is -0.466 e. The molecule has 2 aliphatic rings. The van der Waals surface area contributed by atoms with Gasteiger partial charge in [-0.1, -0.05) is 0 Å². The van der Waals surface area contributed by atoms with Crippen molar-refractivity contribution >= 4 is 33.4 Å². The van der Waals surface area contributed by atoms with Gasteiger partial charge in [-0.25, -0.2) is 9.97 Å². The zero-order chi connectivity index (χ0) is 19.1. The lowest BCUT2D eigenvalue weighted by molar-refractivity contribution is -0.149. The molecule has 1 atom stereocenters. The summed E-state index contributed by atoms with van der Waals surface area (Å²) in [7, 11) is 0. The van der Waals surface area contributed by atoms with Crippen molar-refractivity contribution in [2.24, 2.45) is 5.92 Å². The lowest BCUT2D eigenvalue weighted by Crippen LogP contribution is -2.42. The summed E-state index contributed by atoms with van der Waals surface area (Å²) in [6, 6.07) is 0. The Kier molecular flexibility index (Phi) is 4.88. The molecule has 1 saturated carbocycles. The number of hydrogen-bond acceptors (Lipinski definition) is 6. The van der Waals surface area contributed by atoms with Crippen LogP contribution in [0.5, 0.6) is 0 Å². The number of amides is 1. The van der Waals surface area contributed by atoms with E-state index in [2.05, 4.69) is 4.98 Å². The minimum absolute atomic E-state index is 0.00290. The SMILES string of the molecule is CCOC(=O)C1CCCN(C(=O)c2sc3nc(C4CC4)nc(C)c3c2C)C1. The molecule has 6 nitrogen and oxygen atoms in total. The van der Waals surface area contributed by atoms with Crippen molar-refractivity contribution in [1.29, 1.82) is 0 Å². The van der Waals surface area contributed by atoms with E-state index in [-0.39, 0.29) is 17.8 Å². The van der Waals surface area contributed by atoms with Gasteiger partial charge in [-0.3, -0.25) is 9.59 Å². The van der Waals surface area contributed by atoms with Crippen molar-refractivity contribution in [3.05, 3.63) is 22.0 Å². The number of ether oxygens (including phenoxy) is 1. The van der Waals surface area contributed by atoms with Crippen LogP contribution in [0.25, 0.3) is 10.2 Å². The van der Waals surface area contributed by atoms with Gasteiger partial charge in [0, 0.05) is 24.4 Å². The number of carbonyl (C=O) groups excluding carboxylic acids is 2. The van der Waals surface area contributed by atoms with E-state index in [0.29, 0.717) is 25.6 Å². The van der Waals surface area contributed by atoms with Crippen molar-refractivity contribution in [3.8, 4) is 0 Å². The van der Waals surface area contributed by atoms with E-state index in [9.17, 15) is 9.59 Å². The number of nitrogens with zero attached hydrogens (tertiary/aromatic N) is 3. The molecule has 3 heterocycles. The van der Waals surface area contributed by atoms with E-state index >= 15 is 0 Å². The molecule has 27 heavy (non-hydrogen) atoms. The van der Waals surface area contributed by atoms with Crippen molar-refractivity contribution in [1.82, 2.24) is 14.9 Å². The van der Waals surface area contributed by atoms with Crippen LogP contribution in [-0.4, -0.2) is 46.4 Å². The molecule has 0 radical (unpaired) electrons. The molecular formula is C20H25N3O3S. The Bertz CT molecular complexity index is 903. The Labute approximate surface area is 162 Å². The van der Waals surface area contributed by atoms with Crippen molar-refractivity contribution in [2.75, 3.05) is 19.7 Å². The number of aromatic nitrogens is 2. The zero-order valence-corrected chi connectivity index (χ0v) is 16.9. The second kappa shape index (κ2) is 7.19. The maximum absolute atomic E-state index is 13.2. The molecule has 0 N–H and O–H groups in total. The summed E-state index contributed by atoms with van der Waals surface area (Å²) in [6.45, 7) is 7.28. The molecular weight excluding hydrogens is 362 g/mol. The van der Waals surface area contributed by atoms with Crippen LogP contribution in [0, 0.1) is 19.8 Å². The molecule has 0 aromatic carbocycles. The Morgan fingerprint density at radius 2 is 2.00 bits per heavy atom. The van der Waals surface area contributed by atoms with E-state index in [1.165, 1.54) is 11.3 Å². The molecule has 0 bridgehead atoms. The lowest BCUT2D eigenvalue weighted by atomic mass is 9.98. The molecule has 4 rings (SSSR count). The monoisotopic (exact) mass is 387 g/mol. The lowest BCUT2D eigenvalue weighted by Gasteiger charge is -2.31. The first-order valence-corrected chi connectivity index (χ1v) is 10.5. The zero-order valence-electron chi connectivity index (χ0n) is 16.1. The maximum Gasteiger partial charge on any atom is 0.310 e. The van der Waals surface area contributed by atoms with E-state index < -0.39 is 0 Å². The van der Waals surface area contributed by atoms with E-state index in [1.54, 1.807) is 4.90 Å². The first kappa shape index (κ1) is 18.3. The fraction of sp³-hybridized carbons (Fsp3) is 0.600. The van der Waals surface area contributed by atoms with E-state index in [0.717, 1.165) is 57.9 Å². The van der Waals surface area contributed by atoms with Crippen molar-refractivity contribution in [2.45, 2.75) is 52.4 Å². The number of carbonyl (C=O) groups is 2. The van der Waals surface area contributed by atoms with Gasteiger partial charge in [0.1, 0.15) is 10.7 Å². The highest BCUT2D eigenvalue weighted by atomic mass is 32.1. The van der Waals surface area contributed by atoms with Crippen LogP contribution in [0.3, 0.4) is 0 Å². The van der Waals surface area contributed by atoms with Crippen molar-refractivity contribution < 1.29 is 14.3 Å². The van der Waals surface area contributed by atoms with Crippen molar-refractivity contribution in [3.63, 3.8) is 0 Å². The molecule has 2 aromatic rings. The maximum atomic E-state index is 13.2. The number of rotatable bonds is 4. The molecule has 7 heteroatoms.